The van der Waals surface area contributed by atoms with Crippen LogP contribution < -0.4 is 5.32 Å². The summed E-state index contributed by atoms with van der Waals surface area (Å²) in [5, 5.41) is 3.17. The van der Waals surface area contributed by atoms with Crippen molar-refractivity contribution in [1.29, 1.82) is 0 Å². The normalized spacial score (nSPS) is 21.7. The Morgan fingerprint density at radius 2 is 1.78 bits per heavy atom. The summed E-state index contributed by atoms with van der Waals surface area (Å²) < 4.78 is 38.0. The third-order valence-corrected chi connectivity index (χ3v) is 4.35. The molecule has 1 aromatic rings. The van der Waals surface area contributed by atoms with Crippen molar-refractivity contribution in [2.45, 2.75) is 43.7 Å². The average Bonchev–Trinajstić information content (AvgIpc) is 2.68. The lowest BCUT2D eigenvalue weighted by atomic mass is 9.71. The maximum Gasteiger partial charge on any atom is 0.416 e. The molecular formula is C14H16F3N. The van der Waals surface area contributed by atoms with E-state index in [0.717, 1.165) is 24.9 Å². The van der Waals surface area contributed by atoms with Crippen LogP contribution in [0.25, 0.3) is 0 Å². The molecule has 1 saturated carbocycles. The Hall–Kier alpha value is -1.19. The maximum atomic E-state index is 12.7. The number of anilines is 1. The topological polar surface area (TPSA) is 12.0 Å². The summed E-state index contributed by atoms with van der Waals surface area (Å²) in [5.41, 5.74) is 1.32. The van der Waals surface area contributed by atoms with E-state index in [1.54, 1.807) is 6.07 Å². The van der Waals surface area contributed by atoms with E-state index in [9.17, 15) is 13.2 Å². The van der Waals surface area contributed by atoms with Crippen molar-refractivity contribution in [2.75, 3.05) is 11.9 Å². The minimum absolute atomic E-state index is 0.0950. The number of hydrogen-bond donors (Lipinski definition) is 1. The number of nitrogens with one attached hydrogen (secondary N) is 1. The fraction of sp³-hybridized carbons (Fsp3) is 0.571. The van der Waals surface area contributed by atoms with Gasteiger partial charge in [-0.05, 0) is 30.5 Å². The second-order valence-electron chi connectivity index (χ2n) is 5.45. The van der Waals surface area contributed by atoms with Gasteiger partial charge < -0.3 is 5.32 Å². The van der Waals surface area contributed by atoms with Crippen molar-refractivity contribution in [3.8, 4) is 0 Å². The Labute approximate surface area is 104 Å². The highest BCUT2D eigenvalue weighted by Crippen LogP contribution is 2.47. The second-order valence-corrected chi connectivity index (χ2v) is 5.45. The van der Waals surface area contributed by atoms with Crippen LogP contribution in [0, 0.1) is 0 Å². The molecule has 0 aromatic heterocycles. The number of fused-ring (bicyclic) bond motifs is 2. The van der Waals surface area contributed by atoms with Gasteiger partial charge in [-0.2, -0.15) is 13.2 Å². The summed E-state index contributed by atoms with van der Waals surface area (Å²) in [6.07, 6.45) is 1.55. The van der Waals surface area contributed by atoms with Gasteiger partial charge in [-0.15, -0.1) is 0 Å². The molecule has 0 atom stereocenters. The number of rotatable bonds is 0. The average molecular weight is 255 g/mol. The van der Waals surface area contributed by atoms with Crippen molar-refractivity contribution in [3.05, 3.63) is 29.3 Å². The van der Waals surface area contributed by atoms with Gasteiger partial charge in [0.2, 0.25) is 0 Å². The molecule has 1 nitrogen and oxygen atoms in total. The summed E-state index contributed by atoms with van der Waals surface area (Å²) in [6.45, 7) is 0.795. The van der Waals surface area contributed by atoms with Crippen LogP contribution in [0.5, 0.6) is 0 Å². The third kappa shape index (κ3) is 1.78. The zero-order valence-corrected chi connectivity index (χ0v) is 10.1. The van der Waals surface area contributed by atoms with E-state index in [-0.39, 0.29) is 5.41 Å². The zero-order chi connectivity index (χ0) is 12.8. The monoisotopic (exact) mass is 255 g/mol. The van der Waals surface area contributed by atoms with Gasteiger partial charge in [0, 0.05) is 17.6 Å². The summed E-state index contributed by atoms with van der Waals surface area (Å²) in [5.74, 6) is 0. The van der Waals surface area contributed by atoms with Crippen LogP contribution in [0.3, 0.4) is 0 Å². The lowest BCUT2D eigenvalue weighted by molar-refractivity contribution is -0.137. The minimum Gasteiger partial charge on any atom is -0.384 e. The van der Waals surface area contributed by atoms with Crippen LogP contribution >= 0.6 is 0 Å². The quantitative estimate of drug-likeness (QED) is 0.727. The SMILES string of the molecule is FC(F)(F)c1ccc2c(c1)NCC21CCCCC1. The predicted octanol–water partition coefficient (Wildman–Crippen LogP) is 4.33. The highest BCUT2D eigenvalue weighted by Gasteiger charge is 2.41. The molecule has 1 aliphatic carbocycles. The molecule has 3 rings (SSSR count). The van der Waals surface area contributed by atoms with Gasteiger partial charge in [-0.3, -0.25) is 0 Å². The molecule has 1 aromatic carbocycles. The molecule has 98 valence electrons. The molecule has 0 saturated heterocycles. The van der Waals surface area contributed by atoms with Gasteiger partial charge in [-0.25, -0.2) is 0 Å². The minimum atomic E-state index is -4.25. The van der Waals surface area contributed by atoms with Gasteiger partial charge in [-0.1, -0.05) is 25.3 Å². The molecule has 4 heteroatoms. The lowest BCUT2D eigenvalue weighted by Gasteiger charge is -2.33. The van der Waals surface area contributed by atoms with E-state index in [4.69, 9.17) is 0 Å². The van der Waals surface area contributed by atoms with Gasteiger partial charge in [0.25, 0.3) is 0 Å². The van der Waals surface area contributed by atoms with Crippen molar-refractivity contribution in [3.63, 3.8) is 0 Å². The predicted molar refractivity (Wildman–Crippen MR) is 64.7 cm³/mol. The summed E-state index contributed by atoms with van der Waals surface area (Å²) in [7, 11) is 0. The molecule has 0 radical (unpaired) electrons. The van der Waals surface area contributed by atoms with Crippen LogP contribution in [-0.4, -0.2) is 6.54 Å². The number of benzene rings is 1. The third-order valence-electron chi connectivity index (χ3n) is 4.35. The molecular weight excluding hydrogens is 239 g/mol. The smallest absolute Gasteiger partial charge is 0.384 e. The maximum absolute atomic E-state index is 12.7. The molecule has 0 unspecified atom stereocenters. The van der Waals surface area contributed by atoms with Gasteiger partial charge >= 0.3 is 6.18 Å². The van der Waals surface area contributed by atoms with Crippen molar-refractivity contribution >= 4 is 5.69 Å². The fourth-order valence-corrected chi connectivity index (χ4v) is 3.36. The molecule has 1 N–H and O–H groups in total. The summed E-state index contributed by atoms with van der Waals surface area (Å²) in [6, 6.07) is 4.17. The first-order valence-corrected chi connectivity index (χ1v) is 6.47. The van der Waals surface area contributed by atoms with Gasteiger partial charge in [0.15, 0.2) is 0 Å². The molecule has 1 spiro atoms. The van der Waals surface area contributed by atoms with Gasteiger partial charge in [0.1, 0.15) is 0 Å². The zero-order valence-electron chi connectivity index (χ0n) is 10.1. The largest absolute Gasteiger partial charge is 0.416 e. The Morgan fingerprint density at radius 3 is 2.44 bits per heavy atom. The van der Waals surface area contributed by atoms with E-state index < -0.39 is 11.7 Å². The van der Waals surface area contributed by atoms with E-state index in [1.165, 1.54) is 31.4 Å². The van der Waals surface area contributed by atoms with Crippen LogP contribution in [0.2, 0.25) is 0 Å². The molecule has 0 amide bonds. The van der Waals surface area contributed by atoms with Crippen LogP contribution in [0.1, 0.15) is 43.2 Å². The van der Waals surface area contributed by atoms with Crippen LogP contribution in [-0.2, 0) is 11.6 Å². The number of halogens is 3. The van der Waals surface area contributed by atoms with Crippen LogP contribution in [0.15, 0.2) is 18.2 Å². The van der Waals surface area contributed by atoms with Gasteiger partial charge in [0.05, 0.1) is 5.56 Å². The molecule has 1 aliphatic heterocycles. The molecule has 1 fully saturated rings. The van der Waals surface area contributed by atoms with Crippen molar-refractivity contribution in [1.82, 2.24) is 0 Å². The van der Waals surface area contributed by atoms with E-state index in [1.807, 2.05) is 0 Å². The Morgan fingerprint density at radius 1 is 1.06 bits per heavy atom. The highest BCUT2D eigenvalue weighted by atomic mass is 19.4. The summed E-state index contributed by atoms with van der Waals surface area (Å²) in [4.78, 5) is 0. The summed E-state index contributed by atoms with van der Waals surface area (Å²) >= 11 is 0. The first-order valence-electron chi connectivity index (χ1n) is 6.47. The fourth-order valence-electron chi connectivity index (χ4n) is 3.36. The molecule has 1 heterocycles. The standard InChI is InChI=1S/C14H16F3N/c15-14(16,17)10-4-5-11-12(8-10)18-9-13(11)6-2-1-3-7-13/h4-5,8,18H,1-3,6-7,9H2. The van der Waals surface area contributed by atoms with E-state index >= 15 is 0 Å². The molecule has 18 heavy (non-hydrogen) atoms. The van der Waals surface area contributed by atoms with Crippen LogP contribution in [0.4, 0.5) is 18.9 Å². The van der Waals surface area contributed by atoms with E-state index in [0.29, 0.717) is 5.69 Å². The first-order chi connectivity index (χ1) is 8.51. The number of hydrogen-bond acceptors (Lipinski definition) is 1. The molecule has 0 bridgehead atoms. The van der Waals surface area contributed by atoms with Crippen molar-refractivity contribution in [2.24, 2.45) is 0 Å². The number of alkyl halides is 3. The van der Waals surface area contributed by atoms with Crippen molar-refractivity contribution < 1.29 is 13.2 Å². The second kappa shape index (κ2) is 3.90. The Kier molecular flexibility index (Phi) is 2.57. The highest BCUT2D eigenvalue weighted by molar-refractivity contribution is 5.62. The molecule has 2 aliphatic rings. The van der Waals surface area contributed by atoms with E-state index in [2.05, 4.69) is 5.32 Å². The lowest BCUT2D eigenvalue weighted by Crippen LogP contribution is -2.30. The Bertz CT molecular complexity index is 459. The Balaban J connectivity index is 1.98. The first kappa shape index (κ1) is 11.9.